The van der Waals surface area contributed by atoms with Gasteiger partial charge in [0, 0.05) is 102 Å². The Bertz CT molecular complexity index is 10300. The molecule has 8 aromatic heterocycles. The largest absolute Gasteiger partial charge is 0.309 e. The Kier molecular flexibility index (Phi) is 17.1. The molecule has 135 heavy (non-hydrogen) atoms. The number of nitrogens with zero attached hydrogens (tertiary/aromatic N) is 10. The average Bonchev–Trinajstić information content (AvgIpc) is 1.35. The molecule has 0 aliphatic heterocycles. The summed E-state index contributed by atoms with van der Waals surface area (Å²) in [6.07, 6.45) is 0. The molecule has 0 radical (unpaired) electrons. The lowest BCUT2D eigenvalue weighted by atomic mass is 10.0. The molecule has 0 saturated heterocycles. The third kappa shape index (κ3) is 12.1. The Morgan fingerprint density at radius 3 is 0.985 bits per heavy atom. The van der Waals surface area contributed by atoms with Crippen LogP contribution in [0.3, 0.4) is 0 Å². The van der Waals surface area contributed by atoms with E-state index < -0.39 is 0 Å². The van der Waals surface area contributed by atoms with Crippen molar-refractivity contribution in [3.8, 4) is 57.3 Å². The Morgan fingerprint density at radius 2 is 0.504 bits per heavy atom. The van der Waals surface area contributed by atoms with Crippen molar-refractivity contribution in [2.45, 2.75) is 0 Å². The van der Waals surface area contributed by atoms with Gasteiger partial charge in [-0.1, -0.05) is 334 Å². The van der Waals surface area contributed by atoms with Crippen molar-refractivity contribution in [2.24, 2.45) is 0 Å². The van der Waals surface area contributed by atoms with Gasteiger partial charge in [0.1, 0.15) is 0 Å². The van der Waals surface area contributed by atoms with Gasteiger partial charge in [-0.05, 0) is 191 Å². The fraction of sp³-hybridized carbons (Fsp3) is 0. The van der Waals surface area contributed by atoms with Gasteiger partial charge in [-0.25, -0.2) is 29.9 Å². The summed E-state index contributed by atoms with van der Waals surface area (Å²) < 4.78 is 11.7. The van der Waals surface area contributed by atoms with E-state index in [1.54, 1.807) is 0 Å². The zero-order chi connectivity index (χ0) is 88.5. The summed E-state index contributed by atoms with van der Waals surface area (Å²) in [5.74, 6) is 2.02. The van der Waals surface area contributed by atoms with Crippen molar-refractivity contribution in [2.75, 3.05) is 0 Å². The standard InChI is InChI=1S/C46H28N4.C40H23N3S.C38H23N3/c1-2-15-33(16-3-1)49-40-21-11-9-18-35(40)37-27-32(23-24-41(37)49)45-36-19-8-10-20-39(36)47-46(48-45)50-42-25-22-29-12-6-7-17-34(29)44(42)38-26-30-13-4-5-14-31(30)28-43(38)50;1-2-12-26-23-35-32(22-25(26)11-1)37-27-13-4-3-10-24(27)20-21-34(37)43(35)40-41-33-18-7-5-15-30(33)38(42-40)31-17-9-16-29-28-14-6-8-19-36(28)44-39(29)31;1-2-11-26-21-29(18-17-24(26)9-1)37-31-15-7-8-16-33(31)39-38(40-37)41-34-20-19-25-10-5-6-14-30(25)36(34)32-22-27-12-3-4-13-28(27)23-35(32)41/h1-28H;1-23H;1-23H. The van der Waals surface area contributed by atoms with Crippen LogP contribution in [0.25, 0.3) is 273 Å². The van der Waals surface area contributed by atoms with Crippen LogP contribution in [0.2, 0.25) is 0 Å². The van der Waals surface area contributed by atoms with Crippen LogP contribution in [0.4, 0.5) is 0 Å². The van der Waals surface area contributed by atoms with E-state index in [-0.39, 0.29) is 0 Å². The van der Waals surface area contributed by atoms with Crippen molar-refractivity contribution >= 4 is 227 Å². The lowest BCUT2D eigenvalue weighted by Gasteiger charge is -2.12. The van der Waals surface area contributed by atoms with Gasteiger partial charge in [0.05, 0.1) is 77.8 Å². The molecular weight excluding hydrogens is 1660 g/mol. The highest BCUT2D eigenvalue weighted by Crippen LogP contribution is 2.48. The molecule has 0 aliphatic rings. The van der Waals surface area contributed by atoms with Crippen molar-refractivity contribution in [1.29, 1.82) is 0 Å². The Hall–Kier alpha value is -17.9. The normalized spacial score (nSPS) is 12.0. The minimum atomic E-state index is 0.663. The molecule has 10 nitrogen and oxygen atoms in total. The summed E-state index contributed by atoms with van der Waals surface area (Å²) in [5, 5.41) is 32.4. The summed E-state index contributed by atoms with van der Waals surface area (Å²) >= 11 is 1.84. The number of thiophene rings is 1. The predicted molar refractivity (Wildman–Crippen MR) is 568 cm³/mol. The van der Waals surface area contributed by atoms with Gasteiger partial charge in [-0.15, -0.1) is 11.3 Å². The summed E-state index contributed by atoms with van der Waals surface area (Å²) in [6.45, 7) is 0. The van der Waals surface area contributed by atoms with Crippen molar-refractivity contribution in [1.82, 2.24) is 48.2 Å². The maximum absolute atomic E-state index is 5.47. The average molecular weight is 1740 g/mol. The van der Waals surface area contributed by atoms with Gasteiger partial charge in [0.25, 0.3) is 0 Å². The lowest BCUT2D eigenvalue weighted by molar-refractivity contribution is 1.01. The van der Waals surface area contributed by atoms with Gasteiger partial charge in [-0.2, -0.15) is 0 Å². The van der Waals surface area contributed by atoms with E-state index in [1.165, 1.54) is 150 Å². The molecule has 626 valence electrons. The maximum atomic E-state index is 5.47. The molecule has 0 unspecified atom stereocenters. The highest BCUT2D eigenvalue weighted by molar-refractivity contribution is 7.26. The van der Waals surface area contributed by atoms with E-state index in [0.29, 0.717) is 17.8 Å². The van der Waals surface area contributed by atoms with Gasteiger partial charge >= 0.3 is 0 Å². The van der Waals surface area contributed by atoms with Crippen LogP contribution in [0, 0.1) is 0 Å². The van der Waals surface area contributed by atoms with Crippen LogP contribution in [0.15, 0.2) is 449 Å². The van der Waals surface area contributed by atoms with E-state index in [4.69, 9.17) is 29.9 Å². The molecule has 11 heteroatoms. The fourth-order valence-corrected chi connectivity index (χ4v) is 22.7. The molecule has 0 spiro atoms. The number of aromatic nitrogens is 10. The highest BCUT2D eigenvalue weighted by Gasteiger charge is 2.27. The number of fused-ring (bicyclic) bond motifs is 28. The smallest absolute Gasteiger partial charge is 0.235 e. The summed E-state index contributed by atoms with van der Waals surface area (Å²) in [7, 11) is 0. The zero-order valence-corrected chi connectivity index (χ0v) is 73.4. The van der Waals surface area contributed by atoms with E-state index in [2.05, 4.69) is 467 Å². The number of para-hydroxylation sites is 5. The first kappa shape index (κ1) is 76.0. The first-order chi connectivity index (χ1) is 66.9. The van der Waals surface area contributed by atoms with E-state index in [9.17, 15) is 0 Å². The summed E-state index contributed by atoms with van der Waals surface area (Å²) in [4.78, 5) is 31.9. The summed E-state index contributed by atoms with van der Waals surface area (Å²) in [6, 6.07) is 160. The number of benzene rings is 22. The van der Waals surface area contributed by atoms with Gasteiger partial charge in [0.2, 0.25) is 17.8 Å². The second-order valence-corrected chi connectivity index (χ2v) is 36.2. The van der Waals surface area contributed by atoms with Crippen LogP contribution >= 0.6 is 11.3 Å². The Morgan fingerprint density at radius 1 is 0.170 bits per heavy atom. The van der Waals surface area contributed by atoms with E-state index >= 15 is 0 Å². The van der Waals surface area contributed by atoms with Crippen LogP contribution in [-0.4, -0.2) is 48.2 Å². The molecule has 22 aromatic carbocycles. The second-order valence-electron chi connectivity index (χ2n) is 35.1. The molecule has 0 amide bonds. The van der Waals surface area contributed by atoms with Crippen LogP contribution < -0.4 is 0 Å². The molecule has 0 aliphatic carbocycles. The zero-order valence-electron chi connectivity index (χ0n) is 72.6. The molecule has 0 N–H and O–H groups in total. The topological polar surface area (TPSA) is 97.1 Å². The van der Waals surface area contributed by atoms with Gasteiger partial charge < -0.3 is 4.57 Å². The minimum Gasteiger partial charge on any atom is -0.309 e. The summed E-state index contributed by atoms with van der Waals surface area (Å²) in [5.41, 5.74) is 19.0. The van der Waals surface area contributed by atoms with Crippen LogP contribution in [0.5, 0.6) is 0 Å². The maximum Gasteiger partial charge on any atom is 0.235 e. The Balaban J connectivity index is 0.000000101. The molecule has 30 rings (SSSR count). The van der Waals surface area contributed by atoms with E-state index in [1.807, 2.05) is 11.3 Å². The lowest BCUT2D eigenvalue weighted by Crippen LogP contribution is -2.03. The van der Waals surface area contributed by atoms with Crippen molar-refractivity contribution in [3.63, 3.8) is 0 Å². The van der Waals surface area contributed by atoms with Gasteiger partial charge in [0.15, 0.2) is 0 Å². The molecule has 0 bridgehead atoms. The number of hydrogen-bond acceptors (Lipinski definition) is 7. The number of hydrogen-bond donors (Lipinski definition) is 0. The van der Waals surface area contributed by atoms with Crippen LogP contribution in [0.1, 0.15) is 0 Å². The van der Waals surface area contributed by atoms with Gasteiger partial charge in [-0.3, -0.25) is 13.7 Å². The third-order valence-electron chi connectivity index (χ3n) is 27.6. The predicted octanol–water partition coefficient (Wildman–Crippen LogP) is 32.7. The number of rotatable bonds is 7. The molecule has 0 saturated carbocycles. The third-order valence-corrected chi connectivity index (χ3v) is 28.8. The molecular formula is C124H74N10S. The highest BCUT2D eigenvalue weighted by atomic mass is 32.1. The SMILES string of the molecule is c1ccc(-n2c3ccccc3c3cc(-c4nc(-n5c6cc7ccccc7cc6c6c7ccccc7ccc65)nc5ccccc45)ccc32)cc1.c1ccc2cc(-c3nc(-n4c5cc6ccccc6cc5c5c6ccccc6ccc54)nc4ccccc34)ccc2c1.c1ccc2cc3c(cc2c1)c1c2ccccc2ccc1n3-c1nc(-c2cccc3c2sc2ccccc23)c2ccccc2n1. The van der Waals surface area contributed by atoms with Crippen molar-refractivity contribution in [3.05, 3.63) is 449 Å². The fourth-order valence-electron chi connectivity index (χ4n) is 21.4. The molecule has 8 heterocycles. The minimum absolute atomic E-state index is 0.663. The first-order valence-electron chi connectivity index (χ1n) is 45.8. The monoisotopic (exact) mass is 1730 g/mol. The molecule has 0 fully saturated rings. The molecule has 0 atom stereocenters. The Labute approximate surface area is 775 Å². The van der Waals surface area contributed by atoms with E-state index in [0.717, 1.165) is 105 Å². The molecule has 30 aromatic rings. The van der Waals surface area contributed by atoms with Crippen molar-refractivity contribution < 1.29 is 0 Å². The second kappa shape index (κ2) is 30.4. The quantitative estimate of drug-likeness (QED) is 0.158. The first-order valence-corrected chi connectivity index (χ1v) is 46.6. The van der Waals surface area contributed by atoms with Crippen LogP contribution in [-0.2, 0) is 0 Å².